The molecule has 0 saturated heterocycles. The van der Waals surface area contributed by atoms with E-state index in [4.69, 9.17) is 5.73 Å². The third-order valence-corrected chi connectivity index (χ3v) is 3.48. The van der Waals surface area contributed by atoms with E-state index in [2.05, 4.69) is 44.0 Å². The van der Waals surface area contributed by atoms with Crippen LogP contribution in [0.5, 0.6) is 0 Å². The van der Waals surface area contributed by atoms with Crippen molar-refractivity contribution in [3.63, 3.8) is 0 Å². The second kappa shape index (κ2) is 4.46. The largest absolute Gasteiger partial charge is 0.373 e. The summed E-state index contributed by atoms with van der Waals surface area (Å²) in [6.45, 7) is 5.27. The average molecular weight is 218 g/mol. The number of nitrogens with two attached hydrogens (primary N) is 1. The van der Waals surface area contributed by atoms with Gasteiger partial charge in [-0.15, -0.1) is 0 Å². The summed E-state index contributed by atoms with van der Waals surface area (Å²) in [7, 11) is 2.14. The minimum absolute atomic E-state index is 0.339. The highest BCUT2D eigenvalue weighted by Crippen LogP contribution is 2.32. The molecule has 16 heavy (non-hydrogen) atoms. The summed E-state index contributed by atoms with van der Waals surface area (Å²) < 4.78 is 0. The molecule has 2 heteroatoms. The highest BCUT2D eigenvalue weighted by molar-refractivity contribution is 5.53. The van der Waals surface area contributed by atoms with Crippen LogP contribution in [0.25, 0.3) is 0 Å². The maximum absolute atomic E-state index is 6.16. The summed E-state index contributed by atoms with van der Waals surface area (Å²) in [5.41, 5.74) is 10.1. The smallest absolute Gasteiger partial charge is 0.0394 e. The lowest BCUT2D eigenvalue weighted by molar-refractivity contribution is 0.589. The molecule has 0 aliphatic heterocycles. The topological polar surface area (TPSA) is 29.3 Å². The van der Waals surface area contributed by atoms with Crippen molar-refractivity contribution in [3.8, 4) is 0 Å². The molecular formula is C14H22N2. The Morgan fingerprint density at radius 1 is 1.38 bits per heavy atom. The molecule has 0 aromatic heterocycles. The Balaban J connectivity index is 2.04. The molecule has 2 rings (SSSR count). The Kier molecular flexibility index (Phi) is 3.20. The molecule has 1 aliphatic rings. The number of nitrogens with zero attached hydrogens (tertiary/aromatic N) is 1. The average Bonchev–Trinajstić information content (AvgIpc) is 2.99. The van der Waals surface area contributed by atoms with Crippen LogP contribution in [0, 0.1) is 19.8 Å². The summed E-state index contributed by atoms with van der Waals surface area (Å²) in [5, 5.41) is 0. The molecule has 2 N–H and O–H groups in total. The lowest BCUT2D eigenvalue weighted by Crippen LogP contribution is -2.37. The number of benzene rings is 1. The number of rotatable bonds is 4. The van der Waals surface area contributed by atoms with Gasteiger partial charge in [0.15, 0.2) is 0 Å². The van der Waals surface area contributed by atoms with Gasteiger partial charge in [0.2, 0.25) is 0 Å². The summed E-state index contributed by atoms with van der Waals surface area (Å²) >= 11 is 0. The SMILES string of the molecule is Cc1ccc(N(C)CC(N)C2CC2)c(C)c1. The predicted molar refractivity (Wildman–Crippen MR) is 69.9 cm³/mol. The Bertz CT molecular complexity index is 369. The van der Waals surface area contributed by atoms with Crippen LogP contribution in [0.1, 0.15) is 24.0 Å². The second-order valence-electron chi connectivity index (χ2n) is 5.17. The molecule has 1 saturated carbocycles. The van der Waals surface area contributed by atoms with Gasteiger partial charge < -0.3 is 10.6 Å². The molecule has 2 nitrogen and oxygen atoms in total. The van der Waals surface area contributed by atoms with Crippen LogP contribution in [-0.2, 0) is 0 Å². The van der Waals surface area contributed by atoms with E-state index in [0.717, 1.165) is 12.5 Å². The zero-order valence-electron chi connectivity index (χ0n) is 10.5. The fourth-order valence-corrected chi connectivity index (χ4v) is 2.32. The van der Waals surface area contributed by atoms with Gasteiger partial charge in [0.1, 0.15) is 0 Å². The predicted octanol–water partition coefficient (Wildman–Crippen LogP) is 2.48. The van der Waals surface area contributed by atoms with Crippen molar-refractivity contribution in [2.75, 3.05) is 18.5 Å². The summed E-state index contributed by atoms with van der Waals surface area (Å²) in [5.74, 6) is 0.771. The number of anilines is 1. The van der Waals surface area contributed by atoms with E-state index in [1.54, 1.807) is 0 Å². The van der Waals surface area contributed by atoms with E-state index in [-0.39, 0.29) is 0 Å². The summed E-state index contributed by atoms with van der Waals surface area (Å²) in [6.07, 6.45) is 2.64. The highest BCUT2D eigenvalue weighted by atomic mass is 15.1. The fraction of sp³-hybridized carbons (Fsp3) is 0.571. The molecule has 1 aliphatic carbocycles. The van der Waals surface area contributed by atoms with Crippen molar-refractivity contribution >= 4 is 5.69 Å². The van der Waals surface area contributed by atoms with Crippen LogP contribution in [0.2, 0.25) is 0 Å². The van der Waals surface area contributed by atoms with Gasteiger partial charge in [-0.05, 0) is 44.2 Å². The summed E-state index contributed by atoms with van der Waals surface area (Å²) in [4.78, 5) is 2.29. The van der Waals surface area contributed by atoms with Crippen molar-refractivity contribution < 1.29 is 0 Å². The molecule has 1 atom stereocenters. The maximum atomic E-state index is 6.16. The normalized spacial score (nSPS) is 17.2. The van der Waals surface area contributed by atoms with Crippen molar-refractivity contribution in [2.45, 2.75) is 32.7 Å². The van der Waals surface area contributed by atoms with Gasteiger partial charge in [0.25, 0.3) is 0 Å². The number of hydrogen-bond acceptors (Lipinski definition) is 2. The van der Waals surface area contributed by atoms with Crippen LogP contribution in [0.4, 0.5) is 5.69 Å². The van der Waals surface area contributed by atoms with Gasteiger partial charge in [-0.3, -0.25) is 0 Å². The van der Waals surface area contributed by atoms with E-state index in [1.807, 2.05) is 0 Å². The van der Waals surface area contributed by atoms with Crippen molar-refractivity contribution in [1.29, 1.82) is 0 Å². The Labute approximate surface area is 98.4 Å². The Morgan fingerprint density at radius 2 is 2.06 bits per heavy atom. The monoisotopic (exact) mass is 218 g/mol. The number of hydrogen-bond donors (Lipinski definition) is 1. The molecule has 0 heterocycles. The Hall–Kier alpha value is -1.02. The fourth-order valence-electron chi connectivity index (χ4n) is 2.32. The summed E-state index contributed by atoms with van der Waals surface area (Å²) in [6, 6.07) is 6.94. The first kappa shape index (κ1) is 11.5. The van der Waals surface area contributed by atoms with Crippen molar-refractivity contribution in [3.05, 3.63) is 29.3 Å². The van der Waals surface area contributed by atoms with E-state index >= 15 is 0 Å². The number of likely N-dealkylation sites (N-methyl/N-ethyl adjacent to an activating group) is 1. The quantitative estimate of drug-likeness (QED) is 0.841. The molecule has 1 fully saturated rings. The van der Waals surface area contributed by atoms with E-state index in [0.29, 0.717) is 6.04 Å². The van der Waals surface area contributed by atoms with Crippen LogP contribution < -0.4 is 10.6 Å². The van der Waals surface area contributed by atoms with Gasteiger partial charge >= 0.3 is 0 Å². The molecule has 0 amide bonds. The van der Waals surface area contributed by atoms with Crippen molar-refractivity contribution in [2.24, 2.45) is 11.7 Å². The molecule has 88 valence electrons. The maximum Gasteiger partial charge on any atom is 0.0394 e. The standard InChI is InChI=1S/C14H22N2/c1-10-4-7-14(11(2)8-10)16(3)9-13(15)12-5-6-12/h4,7-8,12-13H,5-6,9,15H2,1-3H3. The first-order valence-corrected chi connectivity index (χ1v) is 6.12. The molecule has 1 aromatic carbocycles. The minimum atomic E-state index is 0.339. The van der Waals surface area contributed by atoms with Gasteiger partial charge in [0, 0.05) is 25.3 Å². The van der Waals surface area contributed by atoms with Crippen LogP contribution >= 0.6 is 0 Å². The minimum Gasteiger partial charge on any atom is -0.373 e. The van der Waals surface area contributed by atoms with E-state index < -0.39 is 0 Å². The molecule has 1 unspecified atom stereocenters. The molecule has 1 aromatic rings. The lowest BCUT2D eigenvalue weighted by atomic mass is 10.1. The van der Waals surface area contributed by atoms with Crippen molar-refractivity contribution in [1.82, 2.24) is 0 Å². The van der Waals surface area contributed by atoms with Gasteiger partial charge in [-0.25, -0.2) is 0 Å². The van der Waals surface area contributed by atoms with E-state index in [1.165, 1.54) is 29.7 Å². The first-order chi connectivity index (χ1) is 7.58. The highest BCUT2D eigenvalue weighted by Gasteiger charge is 2.29. The van der Waals surface area contributed by atoms with Gasteiger partial charge in [-0.1, -0.05) is 17.7 Å². The van der Waals surface area contributed by atoms with Gasteiger partial charge in [-0.2, -0.15) is 0 Å². The molecule has 0 spiro atoms. The zero-order chi connectivity index (χ0) is 11.7. The third-order valence-electron chi connectivity index (χ3n) is 3.48. The van der Waals surface area contributed by atoms with E-state index in [9.17, 15) is 0 Å². The lowest BCUT2D eigenvalue weighted by Gasteiger charge is -2.25. The van der Waals surface area contributed by atoms with Crippen LogP contribution in [0.3, 0.4) is 0 Å². The zero-order valence-corrected chi connectivity index (χ0v) is 10.5. The second-order valence-corrected chi connectivity index (χ2v) is 5.17. The number of aryl methyl sites for hydroxylation is 2. The molecule has 0 radical (unpaired) electrons. The van der Waals surface area contributed by atoms with Crippen LogP contribution in [0.15, 0.2) is 18.2 Å². The molecule has 0 bridgehead atoms. The van der Waals surface area contributed by atoms with Crippen LogP contribution in [-0.4, -0.2) is 19.6 Å². The molecular weight excluding hydrogens is 196 g/mol. The van der Waals surface area contributed by atoms with Gasteiger partial charge in [0.05, 0.1) is 0 Å². The Morgan fingerprint density at radius 3 is 2.62 bits per heavy atom. The first-order valence-electron chi connectivity index (χ1n) is 6.12. The third kappa shape index (κ3) is 2.56.